The van der Waals surface area contributed by atoms with E-state index in [9.17, 15) is 29.1 Å². The van der Waals surface area contributed by atoms with Crippen molar-refractivity contribution in [1.82, 2.24) is 20.9 Å². The molecule has 0 aliphatic carbocycles. The number of primary amides is 1. The number of aromatic nitrogens is 1. The highest BCUT2D eigenvalue weighted by Gasteiger charge is 2.32. The Morgan fingerprint density at radius 3 is 1.82 bits per heavy atom. The molecule has 4 atom stereocenters. The van der Waals surface area contributed by atoms with Crippen molar-refractivity contribution >= 4 is 40.5 Å². The zero-order chi connectivity index (χ0) is 32.3. The van der Waals surface area contributed by atoms with E-state index in [4.69, 9.17) is 11.5 Å². The number of nitrogens with two attached hydrogens (primary N) is 2. The van der Waals surface area contributed by atoms with Gasteiger partial charge in [-0.15, -0.1) is 0 Å². The van der Waals surface area contributed by atoms with Gasteiger partial charge >= 0.3 is 5.97 Å². The Morgan fingerprint density at radius 1 is 0.667 bits per heavy atom. The summed E-state index contributed by atoms with van der Waals surface area (Å²) in [5, 5.41) is 18.2. The maximum atomic E-state index is 13.7. The van der Waals surface area contributed by atoms with Gasteiger partial charge in [0.2, 0.25) is 23.6 Å². The second kappa shape index (κ2) is 15.3. The molecular weight excluding hydrogens is 576 g/mol. The molecule has 0 fully saturated rings. The molecule has 3 aromatic carbocycles. The second-order valence-corrected chi connectivity index (χ2v) is 10.7. The SMILES string of the molecule is NC(=O)CC(NC(=O)C(Cc1c[nH]c2ccccc12)NC(=O)C(N)Cc1ccccc1)C(=O)NC(Cc1ccccc1)C(=O)O. The molecule has 4 amide bonds. The third-order valence-corrected chi connectivity index (χ3v) is 7.30. The summed E-state index contributed by atoms with van der Waals surface area (Å²) < 4.78 is 0. The third-order valence-electron chi connectivity index (χ3n) is 7.30. The highest BCUT2D eigenvalue weighted by Crippen LogP contribution is 2.19. The number of carboxylic acids is 1. The van der Waals surface area contributed by atoms with Gasteiger partial charge in [-0.25, -0.2) is 4.79 Å². The Bertz CT molecular complexity index is 1640. The lowest BCUT2D eigenvalue weighted by molar-refractivity contribution is -0.142. The van der Waals surface area contributed by atoms with E-state index in [1.165, 1.54) is 0 Å². The summed E-state index contributed by atoms with van der Waals surface area (Å²) in [6.45, 7) is 0. The van der Waals surface area contributed by atoms with Crippen LogP contribution in [0.3, 0.4) is 0 Å². The molecule has 12 nitrogen and oxygen atoms in total. The number of para-hydroxylation sites is 1. The smallest absolute Gasteiger partial charge is 0.326 e. The van der Waals surface area contributed by atoms with Gasteiger partial charge in [-0.3, -0.25) is 19.2 Å². The molecule has 1 heterocycles. The Kier molecular flexibility index (Phi) is 11.0. The maximum absolute atomic E-state index is 13.7. The van der Waals surface area contributed by atoms with Crippen LogP contribution < -0.4 is 27.4 Å². The Labute approximate surface area is 259 Å². The van der Waals surface area contributed by atoms with Crippen LogP contribution in [-0.2, 0) is 43.2 Å². The van der Waals surface area contributed by atoms with Crippen molar-refractivity contribution in [3.05, 3.63) is 108 Å². The number of carbonyl (C=O) groups excluding carboxylic acids is 4. The largest absolute Gasteiger partial charge is 0.480 e. The number of nitrogens with one attached hydrogen (secondary N) is 4. The number of carboxylic acid groups (broad SMARTS) is 1. The quantitative estimate of drug-likeness (QED) is 0.103. The topological polar surface area (TPSA) is 209 Å². The number of amides is 4. The first-order chi connectivity index (χ1) is 21.6. The molecule has 0 saturated heterocycles. The number of fused-ring (bicyclic) bond motifs is 1. The normalized spacial score (nSPS) is 13.6. The van der Waals surface area contributed by atoms with Gasteiger partial charge in [0.15, 0.2) is 0 Å². The van der Waals surface area contributed by atoms with E-state index in [2.05, 4.69) is 20.9 Å². The van der Waals surface area contributed by atoms with E-state index in [0.717, 1.165) is 16.5 Å². The van der Waals surface area contributed by atoms with Crippen LogP contribution in [0.15, 0.2) is 91.1 Å². The van der Waals surface area contributed by atoms with Crippen LogP contribution >= 0.6 is 0 Å². The molecule has 4 rings (SSSR count). The van der Waals surface area contributed by atoms with Crippen molar-refractivity contribution in [3.63, 3.8) is 0 Å². The van der Waals surface area contributed by atoms with Crippen molar-refractivity contribution in [2.45, 2.75) is 49.9 Å². The summed E-state index contributed by atoms with van der Waals surface area (Å²) in [5.74, 6) is -4.48. The average Bonchev–Trinajstić information content (AvgIpc) is 3.43. The Hall–Kier alpha value is -5.49. The summed E-state index contributed by atoms with van der Waals surface area (Å²) in [6, 6.07) is 20.2. The molecule has 0 saturated carbocycles. The first-order valence-corrected chi connectivity index (χ1v) is 14.4. The lowest BCUT2D eigenvalue weighted by Crippen LogP contribution is -2.58. The summed E-state index contributed by atoms with van der Waals surface area (Å²) >= 11 is 0. The first-order valence-electron chi connectivity index (χ1n) is 14.4. The molecule has 4 aromatic rings. The second-order valence-electron chi connectivity index (χ2n) is 10.7. The van der Waals surface area contributed by atoms with Crippen molar-refractivity contribution in [3.8, 4) is 0 Å². The molecule has 9 N–H and O–H groups in total. The van der Waals surface area contributed by atoms with Gasteiger partial charge in [0.05, 0.1) is 12.5 Å². The molecule has 0 spiro atoms. The van der Waals surface area contributed by atoms with Crippen LogP contribution in [0.4, 0.5) is 0 Å². The number of aromatic amines is 1. The van der Waals surface area contributed by atoms with E-state index in [0.29, 0.717) is 11.1 Å². The van der Waals surface area contributed by atoms with Crippen LogP contribution in [0.5, 0.6) is 0 Å². The molecule has 0 aliphatic rings. The van der Waals surface area contributed by atoms with Gasteiger partial charge in [0.1, 0.15) is 18.1 Å². The standard InChI is InChI=1S/C33H36N6O6/c34-24(15-20-9-3-1-4-10-20)30(41)37-26(17-22-19-36-25-14-8-7-13-23(22)25)31(42)38-27(18-29(35)40)32(43)39-28(33(44)45)16-21-11-5-2-6-12-21/h1-14,19,24,26-28,36H,15-18,34H2,(H2,35,40)(H,37,41)(H,38,42)(H,39,43)(H,44,45). The molecule has 4 unspecified atom stereocenters. The number of H-pyrrole nitrogens is 1. The molecule has 234 valence electrons. The van der Waals surface area contributed by atoms with Crippen LogP contribution in [0.25, 0.3) is 10.9 Å². The van der Waals surface area contributed by atoms with E-state index < -0.39 is 60.2 Å². The van der Waals surface area contributed by atoms with Crippen LogP contribution in [-0.4, -0.2) is 63.9 Å². The lowest BCUT2D eigenvalue weighted by Gasteiger charge is -2.25. The number of hydrogen-bond acceptors (Lipinski definition) is 6. The predicted molar refractivity (Wildman–Crippen MR) is 168 cm³/mol. The van der Waals surface area contributed by atoms with E-state index in [1.807, 2.05) is 54.6 Å². The minimum atomic E-state index is -1.51. The Balaban J connectivity index is 1.54. The molecule has 0 bridgehead atoms. The summed E-state index contributed by atoms with van der Waals surface area (Å²) in [7, 11) is 0. The van der Waals surface area contributed by atoms with E-state index >= 15 is 0 Å². The molecule has 0 aliphatic heterocycles. The predicted octanol–water partition coefficient (Wildman–Crippen LogP) is 0.938. The van der Waals surface area contributed by atoms with Gasteiger partial charge in [-0.1, -0.05) is 78.9 Å². The number of rotatable bonds is 15. The maximum Gasteiger partial charge on any atom is 0.326 e. The van der Waals surface area contributed by atoms with Crippen molar-refractivity contribution in [1.29, 1.82) is 0 Å². The monoisotopic (exact) mass is 612 g/mol. The minimum absolute atomic E-state index is 0.0241. The molecule has 12 heteroatoms. The van der Waals surface area contributed by atoms with Gasteiger partial charge in [0.25, 0.3) is 0 Å². The van der Waals surface area contributed by atoms with Crippen LogP contribution in [0.1, 0.15) is 23.1 Å². The number of hydrogen-bond donors (Lipinski definition) is 7. The fourth-order valence-electron chi connectivity index (χ4n) is 4.97. The van der Waals surface area contributed by atoms with Crippen LogP contribution in [0, 0.1) is 0 Å². The zero-order valence-electron chi connectivity index (χ0n) is 24.4. The van der Waals surface area contributed by atoms with Crippen LogP contribution in [0.2, 0.25) is 0 Å². The van der Waals surface area contributed by atoms with E-state index in [-0.39, 0.29) is 19.3 Å². The molecular formula is C33H36N6O6. The number of aliphatic carboxylic acids is 1. The number of carbonyl (C=O) groups is 5. The fourth-order valence-corrected chi connectivity index (χ4v) is 4.97. The molecule has 45 heavy (non-hydrogen) atoms. The molecule has 0 radical (unpaired) electrons. The molecule has 1 aromatic heterocycles. The van der Waals surface area contributed by atoms with E-state index in [1.54, 1.807) is 36.5 Å². The van der Waals surface area contributed by atoms with Gasteiger partial charge in [0, 0.05) is 29.9 Å². The summed E-state index contributed by atoms with van der Waals surface area (Å²) in [4.78, 5) is 67.2. The first kappa shape index (κ1) is 32.4. The van der Waals surface area contributed by atoms with Gasteiger partial charge in [-0.05, 0) is 29.2 Å². The zero-order valence-corrected chi connectivity index (χ0v) is 24.4. The van der Waals surface area contributed by atoms with Crippen molar-refractivity contribution in [2.75, 3.05) is 0 Å². The summed E-state index contributed by atoms with van der Waals surface area (Å²) in [5.41, 5.74) is 14.6. The van der Waals surface area contributed by atoms with Crippen molar-refractivity contribution in [2.24, 2.45) is 11.5 Å². The third kappa shape index (κ3) is 9.25. The Morgan fingerprint density at radius 2 is 1.20 bits per heavy atom. The lowest BCUT2D eigenvalue weighted by atomic mass is 10.0. The number of benzene rings is 3. The highest BCUT2D eigenvalue weighted by molar-refractivity contribution is 5.96. The van der Waals surface area contributed by atoms with Gasteiger partial charge < -0.3 is 37.5 Å². The van der Waals surface area contributed by atoms with Crippen molar-refractivity contribution < 1.29 is 29.1 Å². The fraction of sp³-hybridized carbons (Fsp3) is 0.242. The average molecular weight is 613 g/mol. The summed E-state index contributed by atoms with van der Waals surface area (Å²) in [6.07, 6.45) is 1.33. The minimum Gasteiger partial charge on any atom is -0.480 e. The highest BCUT2D eigenvalue weighted by atomic mass is 16.4. The van der Waals surface area contributed by atoms with Gasteiger partial charge in [-0.2, -0.15) is 0 Å².